The van der Waals surface area contributed by atoms with Crippen LogP contribution in [0.15, 0.2) is 35.6 Å². The van der Waals surface area contributed by atoms with E-state index in [1.807, 2.05) is 0 Å². The van der Waals surface area contributed by atoms with Crippen LogP contribution in [0.25, 0.3) is 0 Å². The molecule has 25 heavy (non-hydrogen) atoms. The van der Waals surface area contributed by atoms with Gasteiger partial charge in [-0.25, -0.2) is 19.4 Å². The van der Waals surface area contributed by atoms with E-state index in [2.05, 4.69) is 15.0 Å². The van der Waals surface area contributed by atoms with E-state index in [4.69, 9.17) is 15.2 Å². The second kappa shape index (κ2) is 8.18. The van der Waals surface area contributed by atoms with Gasteiger partial charge in [0.1, 0.15) is 11.5 Å². The van der Waals surface area contributed by atoms with Crippen molar-refractivity contribution in [3.8, 4) is 5.88 Å². The van der Waals surface area contributed by atoms with Gasteiger partial charge in [-0.05, 0) is 18.6 Å². The maximum atomic E-state index is 14.0. The molecule has 2 rings (SSSR count). The van der Waals surface area contributed by atoms with Crippen LogP contribution in [0.5, 0.6) is 5.88 Å². The molecule has 1 atom stereocenters. The number of carbonyl (C=O) groups is 1. The molecule has 0 bridgehead atoms. The number of rotatable bonds is 6. The van der Waals surface area contributed by atoms with Crippen molar-refractivity contribution in [3.05, 3.63) is 53.2 Å². The molecular formula is C17H19FN4O3. The molecule has 0 amide bonds. The Labute approximate surface area is 144 Å². The molecule has 1 aromatic carbocycles. The zero-order valence-electron chi connectivity index (χ0n) is 14.2. The number of amidine groups is 1. The van der Waals surface area contributed by atoms with Crippen LogP contribution in [0.1, 0.15) is 34.6 Å². The number of nitrogens with two attached hydrogens (primary N) is 1. The Morgan fingerprint density at radius 3 is 2.68 bits per heavy atom. The fourth-order valence-corrected chi connectivity index (χ4v) is 2.18. The predicted molar refractivity (Wildman–Crippen MR) is 90.1 cm³/mol. The molecule has 0 saturated heterocycles. The summed E-state index contributed by atoms with van der Waals surface area (Å²) < 4.78 is 23.7. The molecule has 132 valence electrons. The number of ether oxygens (including phenoxy) is 2. The molecule has 0 radical (unpaired) electrons. The summed E-state index contributed by atoms with van der Waals surface area (Å²) in [5, 5.41) is 0. The maximum Gasteiger partial charge on any atom is 0.282 e. The van der Waals surface area contributed by atoms with Gasteiger partial charge >= 0.3 is 0 Å². The number of hydrogen-bond acceptors (Lipinski definition) is 6. The predicted octanol–water partition coefficient (Wildman–Crippen LogP) is 2.07. The molecule has 8 heteroatoms. The van der Waals surface area contributed by atoms with Crippen LogP contribution < -0.4 is 10.5 Å². The highest BCUT2D eigenvalue weighted by Crippen LogP contribution is 2.22. The van der Waals surface area contributed by atoms with Crippen LogP contribution in [0, 0.1) is 5.82 Å². The van der Waals surface area contributed by atoms with Crippen LogP contribution >= 0.6 is 0 Å². The number of nitrogens with zero attached hydrogens (tertiary/aromatic N) is 3. The van der Waals surface area contributed by atoms with E-state index in [1.54, 1.807) is 19.1 Å². The van der Waals surface area contributed by atoms with Crippen molar-refractivity contribution in [2.24, 2.45) is 10.7 Å². The van der Waals surface area contributed by atoms with Crippen molar-refractivity contribution in [2.75, 3.05) is 14.2 Å². The fourth-order valence-electron chi connectivity index (χ4n) is 2.18. The number of methoxy groups -OCH3 is 2. The molecule has 0 saturated carbocycles. The zero-order valence-corrected chi connectivity index (χ0v) is 14.2. The van der Waals surface area contributed by atoms with Gasteiger partial charge in [-0.3, -0.25) is 4.79 Å². The maximum absolute atomic E-state index is 14.0. The molecule has 7 nitrogen and oxygen atoms in total. The Balaban J connectivity index is 2.19. The third kappa shape index (κ3) is 4.72. The van der Waals surface area contributed by atoms with Gasteiger partial charge in [0.15, 0.2) is 5.78 Å². The van der Waals surface area contributed by atoms with Crippen molar-refractivity contribution in [3.63, 3.8) is 0 Å². The lowest BCUT2D eigenvalue weighted by molar-refractivity contribution is 0.0987. The molecule has 1 unspecified atom stereocenters. The van der Waals surface area contributed by atoms with Gasteiger partial charge in [-0.1, -0.05) is 12.1 Å². The summed E-state index contributed by atoms with van der Waals surface area (Å²) in [5.74, 6) is -0.344. The summed E-state index contributed by atoms with van der Waals surface area (Å²) in [7, 11) is 2.85. The Kier molecular flexibility index (Phi) is 5.99. The topological polar surface area (TPSA) is 99.7 Å². The van der Waals surface area contributed by atoms with Gasteiger partial charge in [0.25, 0.3) is 6.02 Å². The molecule has 1 heterocycles. The second-order valence-corrected chi connectivity index (χ2v) is 5.25. The molecule has 2 N–H and O–H groups in total. The fraction of sp³-hybridized carbons (Fsp3) is 0.294. The number of ketones is 1. The minimum absolute atomic E-state index is 0.0399. The number of aliphatic imine (C=N–C) groups is 1. The van der Waals surface area contributed by atoms with Gasteiger partial charge in [0.2, 0.25) is 5.88 Å². The number of halogens is 1. The molecular weight excluding hydrogens is 327 g/mol. The summed E-state index contributed by atoms with van der Waals surface area (Å²) in [5.41, 5.74) is 6.68. The largest absolute Gasteiger partial charge is 0.480 e. The standard InChI is InChI=1S/C17H19FN4O3/c1-10(22-17(19)25-3)12-6-11(4-5-13(12)18)7-15(23)14-8-21-16(24-2)9-20-14/h4-6,8-10H,7H2,1-3H3,(H2,19,22). The lowest BCUT2D eigenvalue weighted by Crippen LogP contribution is -2.15. The first kappa shape index (κ1) is 18.3. The van der Waals surface area contributed by atoms with E-state index in [0.717, 1.165) is 0 Å². The van der Waals surface area contributed by atoms with Gasteiger partial charge in [-0.2, -0.15) is 0 Å². The van der Waals surface area contributed by atoms with Crippen LogP contribution in [-0.4, -0.2) is 36.0 Å². The number of Topliss-reactive ketones (excluding diaryl/α,β-unsaturated/α-hetero) is 1. The number of aromatic nitrogens is 2. The minimum Gasteiger partial charge on any atom is -0.480 e. The summed E-state index contributed by atoms with van der Waals surface area (Å²) in [4.78, 5) is 24.3. The summed E-state index contributed by atoms with van der Waals surface area (Å²) in [6.45, 7) is 1.69. The first-order valence-electron chi connectivity index (χ1n) is 7.49. The molecule has 0 aliphatic rings. The van der Waals surface area contributed by atoms with Crippen LogP contribution in [0.4, 0.5) is 4.39 Å². The molecule has 0 spiro atoms. The Bertz CT molecular complexity index is 778. The van der Waals surface area contributed by atoms with E-state index in [1.165, 1.54) is 32.7 Å². The van der Waals surface area contributed by atoms with E-state index >= 15 is 0 Å². The average molecular weight is 346 g/mol. The summed E-state index contributed by atoms with van der Waals surface area (Å²) >= 11 is 0. The van der Waals surface area contributed by atoms with E-state index in [-0.39, 0.29) is 23.9 Å². The van der Waals surface area contributed by atoms with Crippen molar-refractivity contribution in [1.29, 1.82) is 0 Å². The number of hydrogen-bond donors (Lipinski definition) is 1. The van der Waals surface area contributed by atoms with E-state index < -0.39 is 11.9 Å². The minimum atomic E-state index is -0.546. The monoisotopic (exact) mass is 346 g/mol. The average Bonchev–Trinajstić information content (AvgIpc) is 2.63. The molecule has 0 aliphatic heterocycles. The van der Waals surface area contributed by atoms with Crippen LogP contribution in [0.3, 0.4) is 0 Å². The Morgan fingerprint density at radius 2 is 2.08 bits per heavy atom. The zero-order chi connectivity index (χ0) is 18.4. The third-order valence-electron chi connectivity index (χ3n) is 3.53. The Morgan fingerprint density at radius 1 is 1.32 bits per heavy atom. The first-order chi connectivity index (χ1) is 11.9. The molecule has 0 aliphatic carbocycles. The second-order valence-electron chi connectivity index (χ2n) is 5.25. The highest BCUT2D eigenvalue weighted by Gasteiger charge is 2.15. The van der Waals surface area contributed by atoms with Gasteiger partial charge < -0.3 is 15.2 Å². The molecule has 2 aromatic rings. The summed E-state index contributed by atoms with van der Waals surface area (Å²) in [6, 6.07) is 3.84. The molecule has 0 fully saturated rings. The smallest absolute Gasteiger partial charge is 0.282 e. The van der Waals surface area contributed by atoms with Gasteiger partial charge in [0, 0.05) is 12.0 Å². The van der Waals surface area contributed by atoms with E-state index in [0.29, 0.717) is 17.0 Å². The van der Waals surface area contributed by atoms with Gasteiger partial charge in [-0.15, -0.1) is 0 Å². The van der Waals surface area contributed by atoms with Crippen molar-refractivity contribution < 1.29 is 18.7 Å². The lowest BCUT2D eigenvalue weighted by Gasteiger charge is -2.11. The molecule has 1 aromatic heterocycles. The summed E-state index contributed by atoms with van der Waals surface area (Å²) in [6.07, 6.45) is 2.77. The van der Waals surface area contributed by atoms with Crippen LogP contribution in [-0.2, 0) is 11.2 Å². The highest BCUT2D eigenvalue weighted by molar-refractivity contribution is 5.95. The highest BCUT2D eigenvalue weighted by atomic mass is 19.1. The number of carbonyl (C=O) groups excluding carboxylic acids is 1. The normalized spacial score (nSPS) is 12.6. The first-order valence-corrected chi connectivity index (χ1v) is 7.49. The quantitative estimate of drug-likeness (QED) is 0.488. The van der Waals surface area contributed by atoms with Crippen molar-refractivity contribution >= 4 is 11.8 Å². The Hall–Kier alpha value is -3.03. The van der Waals surface area contributed by atoms with Crippen molar-refractivity contribution in [1.82, 2.24) is 9.97 Å². The lowest BCUT2D eigenvalue weighted by atomic mass is 10.0. The SMILES string of the molecule is COC(N)=NC(C)c1cc(CC(=O)c2cnc(OC)cn2)ccc1F. The van der Waals surface area contributed by atoms with Crippen molar-refractivity contribution in [2.45, 2.75) is 19.4 Å². The van der Waals surface area contributed by atoms with Gasteiger partial charge in [0.05, 0.1) is 32.7 Å². The van der Waals surface area contributed by atoms with Crippen LogP contribution in [0.2, 0.25) is 0 Å². The number of benzene rings is 1. The third-order valence-corrected chi connectivity index (χ3v) is 3.53. The van der Waals surface area contributed by atoms with E-state index in [9.17, 15) is 9.18 Å².